The van der Waals surface area contributed by atoms with Gasteiger partial charge in [-0.05, 0) is 46.3 Å². The summed E-state index contributed by atoms with van der Waals surface area (Å²) in [6.07, 6.45) is 0. The molecule has 0 aliphatic carbocycles. The van der Waals surface area contributed by atoms with Crippen LogP contribution in [0.15, 0.2) is 53.0 Å². The number of rotatable bonds is 3. The van der Waals surface area contributed by atoms with Gasteiger partial charge in [0, 0.05) is 37.4 Å². The van der Waals surface area contributed by atoms with Crippen LogP contribution < -0.4 is 10.1 Å². The molecule has 1 saturated heterocycles. The quantitative estimate of drug-likeness (QED) is 0.831. The highest BCUT2D eigenvalue weighted by molar-refractivity contribution is 9.10. The minimum atomic E-state index is -0.172. The van der Waals surface area contributed by atoms with Gasteiger partial charge in [-0.3, -0.25) is 4.79 Å². The molecule has 2 aromatic carbocycles. The fourth-order valence-corrected chi connectivity index (χ4v) is 3.36. The normalized spacial score (nSPS) is 14.1. The molecule has 0 atom stereocenters. The number of methoxy groups -OCH3 is 1. The van der Waals surface area contributed by atoms with Crippen LogP contribution in [-0.2, 0) is 0 Å². The van der Waals surface area contributed by atoms with Crippen molar-refractivity contribution < 1.29 is 14.3 Å². The molecule has 1 N–H and O–H groups in total. The molecule has 0 aromatic heterocycles. The molecule has 1 heterocycles. The smallest absolute Gasteiger partial charge is 0.321 e. The van der Waals surface area contributed by atoms with Gasteiger partial charge in [-0.1, -0.05) is 18.2 Å². The molecule has 3 amide bonds. The van der Waals surface area contributed by atoms with Crippen molar-refractivity contribution in [2.75, 3.05) is 38.6 Å². The number of hydrogen-bond acceptors (Lipinski definition) is 3. The van der Waals surface area contributed by atoms with Crippen LogP contribution >= 0.6 is 15.9 Å². The molecule has 1 aliphatic heterocycles. The minimum Gasteiger partial charge on any atom is -0.496 e. The summed E-state index contributed by atoms with van der Waals surface area (Å²) in [5, 5.41) is 2.88. The van der Waals surface area contributed by atoms with Gasteiger partial charge in [0.1, 0.15) is 5.75 Å². The second-order valence-electron chi connectivity index (χ2n) is 5.92. The first-order chi connectivity index (χ1) is 12.6. The van der Waals surface area contributed by atoms with Crippen molar-refractivity contribution in [1.29, 1.82) is 0 Å². The summed E-state index contributed by atoms with van der Waals surface area (Å²) in [6, 6.07) is 14.4. The Balaban J connectivity index is 1.55. The highest BCUT2D eigenvalue weighted by Crippen LogP contribution is 2.27. The van der Waals surface area contributed by atoms with E-state index in [0.29, 0.717) is 43.2 Å². The Kier molecular flexibility index (Phi) is 5.78. The minimum absolute atomic E-state index is 0.00439. The van der Waals surface area contributed by atoms with Gasteiger partial charge in [-0.25, -0.2) is 4.79 Å². The average Bonchev–Trinajstić information content (AvgIpc) is 2.68. The third-order valence-electron chi connectivity index (χ3n) is 4.28. The zero-order chi connectivity index (χ0) is 18.5. The lowest BCUT2D eigenvalue weighted by atomic mass is 10.2. The maximum atomic E-state index is 12.5. The van der Waals surface area contributed by atoms with Crippen LogP contribution in [0.25, 0.3) is 0 Å². The Bertz CT molecular complexity index is 790. The standard InChI is InChI=1S/C19H20BrN3O3/c1-26-17-8-7-15(13-16(17)20)21-19(25)23-11-9-22(10-12-23)18(24)14-5-3-2-4-6-14/h2-8,13H,9-12H2,1H3,(H,21,25). The summed E-state index contributed by atoms with van der Waals surface area (Å²) < 4.78 is 5.96. The van der Waals surface area contributed by atoms with Crippen molar-refractivity contribution in [2.24, 2.45) is 0 Å². The number of anilines is 1. The van der Waals surface area contributed by atoms with Crippen molar-refractivity contribution in [3.05, 3.63) is 58.6 Å². The van der Waals surface area contributed by atoms with Gasteiger partial charge in [0.25, 0.3) is 5.91 Å². The number of carbonyl (C=O) groups is 2. The van der Waals surface area contributed by atoms with E-state index in [1.54, 1.807) is 35.1 Å². The molecule has 0 unspecified atom stereocenters. The summed E-state index contributed by atoms with van der Waals surface area (Å²) in [5.41, 5.74) is 1.36. The number of hydrogen-bond donors (Lipinski definition) is 1. The lowest BCUT2D eigenvalue weighted by Gasteiger charge is -2.34. The van der Waals surface area contributed by atoms with E-state index < -0.39 is 0 Å². The first-order valence-electron chi connectivity index (χ1n) is 8.32. The van der Waals surface area contributed by atoms with Crippen LogP contribution in [0.2, 0.25) is 0 Å². The van der Waals surface area contributed by atoms with E-state index in [1.165, 1.54) is 0 Å². The van der Waals surface area contributed by atoms with Crippen molar-refractivity contribution >= 4 is 33.6 Å². The number of benzene rings is 2. The molecule has 0 bridgehead atoms. The number of halogens is 1. The number of nitrogens with one attached hydrogen (secondary N) is 1. The van der Waals surface area contributed by atoms with Gasteiger partial charge in [0.15, 0.2) is 0 Å². The third-order valence-corrected chi connectivity index (χ3v) is 4.90. The van der Waals surface area contributed by atoms with Gasteiger partial charge in [-0.15, -0.1) is 0 Å². The predicted octanol–water partition coefficient (Wildman–Crippen LogP) is 3.45. The number of nitrogens with zero attached hydrogens (tertiary/aromatic N) is 2. The lowest BCUT2D eigenvalue weighted by Crippen LogP contribution is -2.51. The molecule has 1 aliphatic rings. The van der Waals surface area contributed by atoms with E-state index >= 15 is 0 Å². The first kappa shape index (κ1) is 18.3. The topological polar surface area (TPSA) is 61.9 Å². The van der Waals surface area contributed by atoms with Crippen LogP contribution in [0.1, 0.15) is 10.4 Å². The van der Waals surface area contributed by atoms with E-state index in [2.05, 4.69) is 21.2 Å². The molecule has 6 nitrogen and oxygen atoms in total. The fourth-order valence-electron chi connectivity index (χ4n) is 2.82. The average molecular weight is 418 g/mol. The van der Waals surface area contributed by atoms with Crippen LogP contribution in [0, 0.1) is 0 Å². The van der Waals surface area contributed by atoms with Gasteiger partial charge < -0.3 is 19.9 Å². The van der Waals surface area contributed by atoms with E-state index in [-0.39, 0.29) is 11.9 Å². The van der Waals surface area contributed by atoms with Crippen LogP contribution in [0.3, 0.4) is 0 Å². The fraction of sp³-hybridized carbons (Fsp3) is 0.263. The second kappa shape index (κ2) is 8.23. The Morgan fingerprint density at radius 1 is 1.00 bits per heavy atom. The zero-order valence-corrected chi connectivity index (χ0v) is 16.0. The first-order valence-corrected chi connectivity index (χ1v) is 9.11. The highest BCUT2D eigenvalue weighted by atomic mass is 79.9. The van der Waals surface area contributed by atoms with E-state index in [4.69, 9.17) is 4.74 Å². The lowest BCUT2D eigenvalue weighted by molar-refractivity contribution is 0.0671. The van der Waals surface area contributed by atoms with Gasteiger partial charge in [0.05, 0.1) is 11.6 Å². The molecule has 0 radical (unpaired) electrons. The van der Waals surface area contributed by atoms with Crippen molar-refractivity contribution in [3.63, 3.8) is 0 Å². The van der Waals surface area contributed by atoms with Crippen LogP contribution in [-0.4, -0.2) is 55.0 Å². The van der Waals surface area contributed by atoms with Gasteiger partial charge in [-0.2, -0.15) is 0 Å². The van der Waals surface area contributed by atoms with E-state index in [0.717, 1.165) is 4.47 Å². The summed E-state index contributed by atoms with van der Waals surface area (Å²) in [4.78, 5) is 28.4. The Hall–Kier alpha value is -2.54. The van der Waals surface area contributed by atoms with Crippen LogP contribution in [0.4, 0.5) is 10.5 Å². The second-order valence-corrected chi connectivity index (χ2v) is 6.78. The Morgan fingerprint density at radius 3 is 2.27 bits per heavy atom. The Morgan fingerprint density at radius 2 is 1.65 bits per heavy atom. The molecule has 0 saturated carbocycles. The number of urea groups is 1. The molecule has 1 fully saturated rings. The van der Waals surface area contributed by atoms with E-state index in [1.807, 2.05) is 30.3 Å². The SMILES string of the molecule is COc1ccc(NC(=O)N2CCN(C(=O)c3ccccc3)CC2)cc1Br. The van der Waals surface area contributed by atoms with Gasteiger partial charge in [0.2, 0.25) is 0 Å². The van der Waals surface area contributed by atoms with Crippen molar-refractivity contribution in [3.8, 4) is 5.75 Å². The molecular weight excluding hydrogens is 398 g/mol. The molecule has 26 heavy (non-hydrogen) atoms. The van der Waals surface area contributed by atoms with E-state index in [9.17, 15) is 9.59 Å². The zero-order valence-electron chi connectivity index (χ0n) is 14.4. The van der Waals surface area contributed by atoms with Crippen LogP contribution in [0.5, 0.6) is 5.75 Å². The highest BCUT2D eigenvalue weighted by Gasteiger charge is 2.24. The molecule has 3 rings (SSSR count). The summed E-state index contributed by atoms with van der Waals surface area (Å²) >= 11 is 3.41. The summed E-state index contributed by atoms with van der Waals surface area (Å²) in [7, 11) is 1.59. The number of carbonyl (C=O) groups excluding carboxylic acids is 2. The Labute approximate surface area is 160 Å². The van der Waals surface area contributed by atoms with Crippen molar-refractivity contribution in [2.45, 2.75) is 0 Å². The third kappa shape index (κ3) is 4.16. The number of ether oxygens (including phenoxy) is 1. The maximum Gasteiger partial charge on any atom is 0.321 e. The predicted molar refractivity (Wildman–Crippen MR) is 104 cm³/mol. The largest absolute Gasteiger partial charge is 0.496 e. The molecule has 136 valence electrons. The van der Waals surface area contributed by atoms with Crippen molar-refractivity contribution in [1.82, 2.24) is 9.80 Å². The molecule has 2 aromatic rings. The molecule has 0 spiro atoms. The molecular formula is C19H20BrN3O3. The summed E-state index contributed by atoms with van der Waals surface area (Å²) in [6.45, 7) is 2.05. The summed E-state index contributed by atoms with van der Waals surface area (Å²) in [5.74, 6) is 0.709. The molecule has 7 heteroatoms. The number of amides is 3. The number of piperazine rings is 1. The monoisotopic (exact) mass is 417 g/mol. The van der Waals surface area contributed by atoms with Gasteiger partial charge >= 0.3 is 6.03 Å². The maximum absolute atomic E-state index is 12.5.